The zero-order chi connectivity index (χ0) is 39.8. The van der Waals surface area contributed by atoms with E-state index in [2.05, 4.69) is 20.6 Å². The average Bonchev–Trinajstić information content (AvgIpc) is 3.24. The van der Waals surface area contributed by atoms with Crippen LogP contribution in [-0.4, -0.2) is 47.5 Å². The van der Waals surface area contributed by atoms with Gasteiger partial charge in [0.15, 0.2) is 11.7 Å². The van der Waals surface area contributed by atoms with E-state index in [1.807, 2.05) is 42.5 Å². The first-order chi connectivity index (χ1) is 27.7. The van der Waals surface area contributed by atoms with Crippen LogP contribution in [0.3, 0.4) is 0 Å². The van der Waals surface area contributed by atoms with Crippen molar-refractivity contribution < 1.29 is 33.4 Å². The molecule has 0 saturated heterocycles. The number of aromatic hydroxyl groups is 1. The molecular formula is C45H34N4O8. The minimum atomic E-state index is -0.580. The second-order valence-electron chi connectivity index (χ2n) is 13.3. The number of para-hydroxylation sites is 2. The molecule has 0 amide bonds. The summed E-state index contributed by atoms with van der Waals surface area (Å²) in [6.45, 7) is 1.77. The van der Waals surface area contributed by atoms with Crippen molar-refractivity contribution in [3.63, 3.8) is 0 Å². The van der Waals surface area contributed by atoms with Crippen LogP contribution in [0.25, 0.3) is 55.2 Å². The Morgan fingerprint density at radius 3 is 1.93 bits per heavy atom. The number of aromatic nitrogens is 2. The van der Waals surface area contributed by atoms with Gasteiger partial charge in [-0.1, -0.05) is 60.7 Å². The molecule has 0 atom stereocenters. The molecule has 0 saturated carbocycles. The molecule has 3 heterocycles. The molecule has 2 aliphatic rings. The molecule has 8 rings (SSSR count). The fourth-order valence-corrected chi connectivity index (χ4v) is 7.16. The average molecular weight is 759 g/mol. The van der Waals surface area contributed by atoms with Crippen LogP contribution in [0.4, 0.5) is 11.4 Å². The highest BCUT2D eigenvalue weighted by Gasteiger charge is 2.27. The molecule has 3 N–H and O–H groups in total. The number of carbonyl (C=O) groups is 3. The van der Waals surface area contributed by atoms with E-state index in [4.69, 9.17) is 13.9 Å². The monoisotopic (exact) mass is 758 g/mol. The maximum Gasteiger partial charge on any atom is 0.356 e. The summed E-state index contributed by atoms with van der Waals surface area (Å²) in [4.78, 5) is 60.3. The summed E-state index contributed by atoms with van der Waals surface area (Å²) in [7, 11) is 2.58. The molecular weight excluding hydrogens is 725 g/mol. The maximum absolute atomic E-state index is 14.1. The van der Waals surface area contributed by atoms with Gasteiger partial charge >= 0.3 is 11.9 Å². The van der Waals surface area contributed by atoms with Crippen molar-refractivity contribution in [3.8, 4) is 28.2 Å². The van der Waals surface area contributed by atoms with Gasteiger partial charge in [-0.2, -0.15) is 0 Å². The van der Waals surface area contributed by atoms with Crippen molar-refractivity contribution in [2.75, 3.05) is 24.9 Å². The molecule has 0 spiro atoms. The second kappa shape index (κ2) is 14.9. The van der Waals surface area contributed by atoms with Gasteiger partial charge in [-0.05, 0) is 60.5 Å². The Morgan fingerprint density at radius 2 is 1.33 bits per heavy atom. The van der Waals surface area contributed by atoms with E-state index in [0.717, 1.165) is 17.1 Å². The first-order valence-electron chi connectivity index (χ1n) is 17.9. The SMILES string of the molecule is COC(=O)c1ccc2cccc(NCc3c4oc5c(CNc6cccc7ccc(C(=O)OC)nc67)c(O)ccc5c(-c5ccccc5C=O)c-4cc(C)c3=O)c2n1. The van der Waals surface area contributed by atoms with E-state index in [0.29, 0.717) is 66.7 Å². The number of fused-ring (bicyclic) bond motifs is 4. The molecule has 0 radical (unpaired) electrons. The number of aldehydes is 1. The van der Waals surface area contributed by atoms with Crippen LogP contribution in [0.1, 0.15) is 48.0 Å². The molecule has 0 unspecified atom stereocenters. The highest BCUT2D eigenvalue weighted by molar-refractivity contribution is 6.07. The third-order valence-corrected chi connectivity index (χ3v) is 9.99. The molecule has 0 fully saturated rings. The number of anilines is 2. The van der Waals surface area contributed by atoms with Gasteiger partial charge in [0, 0.05) is 45.9 Å². The van der Waals surface area contributed by atoms with Gasteiger partial charge in [-0.3, -0.25) is 9.59 Å². The van der Waals surface area contributed by atoms with E-state index in [-0.39, 0.29) is 47.0 Å². The number of esters is 2. The number of nitrogens with one attached hydrogen (secondary N) is 2. The first-order valence-corrected chi connectivity index (χ1v) is 17.9. The molecule has 1 aliphatic carbocycles. The number of rotatable bonds is 10. The number of phenolic OH excluding ortho intramolecular Hbond substituents is 1. The molecule has 12 heteroatoms. The highest BCUT2D eigenvalue weighted by Crippen LogP contribution is 2.45. The minimum Gasteiger partial charge on any atom is -0.507 e. The number of phenols is 1. The second-order valence-corrected chi connectivity index (χ2v) is 13.3. The lowest BCUT2D eigenvalue weighted by molar-refractivity contribution is 0.0586. The van der Waals surface area contributed by atoms with Crippen LogP contribution in [-0.2, 0) is 22.6 Å². The van der Waals surface area contributed by atoms with Gasteiger partial charge in [0.1, 0.15) is 28.5 Å². The zero-order valence-electron chi connectivity index (χ0n) is 31.0. The Morgan fingerprint density at radius 1 is 0.737 bits per heavy atom. The Hall–Kier alpha value is -7.60. The molecule has 282 valence electrons. The van der Waals surface area contributed by atoms with Crippen molar-refractivity contribution >= 4 is 62.4 Å². The van der Waals surface area contributed by atoms with Crippen LogP contribution in [0.5, 0.6) is 5.75 Å². The molecule has 2 aromatic heterocycles. The number of pyridine rings is 2. The smallest absolute Gasteiger partial charge is 0.356 e. The van der Waals surface area contributed by atoms with Gasteiger partial charge in [0.05, 0.1) is 47.8 Å². The number of ether oxygens (including phenoxy) is 2. The molecule has 4 aromatic carbocycles. The van der Waals surface area contributed by atoms with Crippen molar-refractivity contribution in [2.24, 2.45) is 0 Å². The van der Waals surface area contributed by atoms with Gasteiger partial charge in [0.2, 0.25) is 0 Å². The van der Waals surface area contributed by atoms with E-state index < -0.39 is 11.9 Å². The van der Waals surface area contributed by atoms with Gasteiger partial charge in [0.25, 0.3) is 0 Å². The van der Waals surface area contributed by atoms with Crippen LogP contribution >= 0.6 is 0 Å². The number of benzene rings is 5. The Kier molecular flexibility index (Phi) is 9.52. The summed E-state index contributed by atoms with van der Waals surface area (Å²) in [5.74, 6) is -0.976. The Labute approximate surface area is 325 Å². The summed E-state index contributed by atoms with van der Waals surface area (Å²) in [6, 6.07) is 30.0. The standard InChI is InChI=1S/C45H34N4O8/c1-24-20-30-38(28-11-5-4-8-27(28)23-50)29-16-19-37(51)31(21-46-33-12-6-9-25-14-17-35(44(53)55-2)48-39(25)33)42(29)57-43(30)32(41(24)52)22-47-34-13-7-10-26-15-18-36(45(54)56-3)49-40(26)34/h4-20,23,46-47,51H,21-22H2,1-3H3. The number of aryl methyl sites for hydroxylation is 1. The van der Waals surface area contributed by atoms with E-state index in [9.17, 15) is 24.3 Å². The number of carbonyl (C=O) groups excluding carboxylic acids is 3. The number of hydrogen-bond acceptors (Lipinski definition) is 12. The Balaban J connectivity index is 1.31. The summed E-state index contributed by atoms with van der Waals surface area (Å²) in [5, 5.41) is 20.3. The predicted octanol–water partition coefficient (Wildman–Crippen LogP) is 8.29. The fourth-order valence-electron chi connectivity index (χ4n) is 7.16. The van der Waals surface area contributed by atoms with Crippen LogP contribution in [0.15, 0.2) is 112 Å². The topological polar surface area (TPSA) is 170 Å². The van der Waals surface area contributed by atoms with Crippen LogP contribution in [0.2, 0.25) is 0 Å². The first kappa shape index (κ1) is 36.4. The van der Waals surface area contributed by atoms with E-state index >= 15 is 0 Å². The fraction of sp³-hybridized carbons (Fsp3) is 0.111. The molecule has 0 bridgehead atoms. The lowest BCUT2D eigenvalue weighted by Gasteiger charge is -2.22. The van der Waals surface area contributed by atoms with Crippen molar-refractivity contribution in [3.05, 3.63) is 147 Å². The van der Waals surface area contributed by atoms with Gasteiger partial charge < -0.3 is 29.6 Å². The normalized spacial score (nSPS) is 11.2. The quantitative estimate of drug-likeness (QED) is 0.0694. The molecule has 6 aromatic rings. The van der Waals surface area contributed by atoms with E-state index in [1.54, 1.807) is 67.6 Å². The van der Waals surface area contributed by atoms with Gasteiger partial charge in [-0.15, -0.1) is 0 Å². The zero-order valence-corrected chi connectivity index (χ0v) is 31.0. The Bertz CT molecular complexity index is 2960. The summed E-state index contributed by atoms with van der Waals surface area (Å²) >= 11 is 0. The number of methoxy groups -OCH3 is 2. The van der Waals surface area contributed by atoms with Crippen LogP contribution < -0.4 is 16.1 Å². The van der Waals surface area contributed by atoms with Gasteiger partial charge in [-0.25, -0.2) is 19.6 Å². The van der Waals surface area contributed by atoms with Crippen molar-refractivity contribution in [2.45, 2.75) is 20.0 Å². The van der Waals surface area contributed by atoms with Crippen LogP contribution in [0, 0.1) is 6.92 Å². The number of nitrogens with zero attached hydrogens (tertiary/aromatic N) is 2. The number of hydrogen-bond donors (Lipinski definition) is 3. The lowest BCUT2D eigenvalue weighted by Crippen LogP contribution is -2.18. The predicted molar refractivity (Wildman–Crippen MR) is 217 cm³/mol. The summed E-state index contributed by atoms with van der Waals surface area (Å²) in [5.41, 5.74) is 5.88. The highest BCUT2D eigenvalue weighted by atomic mass is 16.5. The third-order valence-electron chi connectivity index (χ3n) is 9.99. The minimum absolute atomic E-state index is 0.000628. The summed E-state index contributed by atoms with van der Waals surface area (Å²) < 4.78 is 16.5. The molecule has 12 nitrogen and oxygen atoms in total. The molecule has 1 aliphatic heterocycles. The lowest BCUT2D eigenvalue weighted by atomic mass is 9.87. The van der Waals surface area contributed by atoms with E-state index in [1.165, 1.54) is 14.2 Å². The summed E-state index contributed by atoms with van der Waals surface area (Å²) in [6.07, 6.45) is 0.781. The largest absolute Gasteiger partial charge is 0.507 e. The molecule has 57 heavy (non-hydrogen) atoms. The maximum atomic E-state index is 14.1. The third kappa shape index (κ3) is 6.52. The van der Waals surface area contributed by atoms with Crippen molar-refractivity contribution in [1.82, 2.24) is 9.97 Å². The van der Waals surface area contributed by atoms with Crippen molar-refractivity contribution in [1.29, 1.82) is 0 Å².